The molecule has 0 saturated heterocycles. The number of hydrogen-bond acceptors (Lipinski definition) is 5. The number of nitrogens with zero attached hydrogens (tertiary/aromatic N) is 1. The third-order valence-electron chi connectivity index (χ3n) is 4.27. The number of rotatable bonds is 6. The highest BCUT2D eigenvalue weighted by Gasteiger charge is 2.17. The highest BCUT2D eigenvalue weighted by molar-refractivity contribution is 7.99. The van der Waals surface area contributed by atoms with E-state index in [9.17, 15) is 0 Å². The highest BCUT2D eigenvalue weighted by Crippen LogP contribution is 2.36. The molecule has 0 bridgehead atoms. The fourth-order valence-corrected chi connectivity index (χ4v) is 4.48. The molecule has 2 heterocycles. The average molecular weight is 421 g/mol. The molecule has 29 heavy (non-hydrogen) atoms. The van der Waals surface area contributed by atoms with Gasteiger partial charge in [0.25, 0.3) is 5.13 Å². The third-order valence-corrected chi connectivity index (χ3v) is 6.28. The summed E-state index contributed by atoms with van der Waals surface area (Å²) in [5, 5.41) is 6.19. The van der Waals surface area contributed by atoms with Gasteiger partial charge >= 0.3 is 5.82 Å². The predicted molar refractivity (Wildman–Crippen MR) is 120 cm³/mol. The van der Waals surface area contributed by atoms with Crippen molar-refractivity contribution in [2.45, 2.75) is 30.6 Å². The molecular weight excluding hydrogens is 398 g/mol. The van der Waals surface area contributed by atoms with E-state index in [1.165, 1.54) is 16.0 Å². The quantitative estimate of drug-likeness (QED) is 0.383. The summed E-state index contributed by atoms with van der Waals surface area (Å²) in [6, 6.07) is 18.4. The van der Waals surface area contributed by atoms with Gasteiger partial charge in [0.15, 0.2) is 0 Å². The van der Waals surface area contributed by atoms with E-state index in [1.54, 1.807) is 23.1 Å². The number of nitrogens with one attached hydrogen (secondary N) is 2. The van der Waals surface area contributed by atoms with Gasteiger partial charge in [-0.25, -0.2) is 15.3 Å². The highest BCUT2D eigenvalue weighted by atomic mass is 32.2. The summed E-state index contributed by atoms with van der Waals surface area (Å²) >= 11 is 3.29. The molecule has 2 aromatic heterocycles. The summed E-state index contributed by atoms with van der Waals surface area (Å²) < 4.78 is 6.19. The van der Waals surface area contributed by atoms with E-state index < -0.39 is 0 Å². The smallest absolute Gasteiger partial charge is 0.322 e. The van der Waals surface area contributed by atoms with Crippen molar-refractivity contribution in [1.29, 1.82) is 0 Å². The number of hydrogen-bond donors (Lipinski definition) is 1. The molecule has 0 spiro atoms. The first-order chi connectivity index (χ1) is 14.1. The minimum atomic E-state index is 0.722. The van der Waals surface area contributed by atoms with Gasteiger partial charge in [-0.2, -0.15) is 0 Å². The molecule has 0 amide bonds. The lowest BCUT2D eigenvalue weighted by atomic mass is 10.2. The molecule has 0 aliphatic carbocycles. The number of benzene rings is 2. The van der Waals surface area contributed by atoms with Crippen molar-refractivity contribution in [3.05, 3.63) is 83.0 Å². The molecule has 4 nitrogen and oxygen atoms in total. The monoisotopic (exact) mass is 420 g/mol. The van der Waals surface area contributed by atoms with Gasteiger partial charge in [0.2, 0.25) is 5.75 Å². The van der Waals surface area contributed by atoms with Crippen molar-refractivity contribution >= 4 is 34.0 Å². The van der Waals surface area contributed by atoms with Crippen LogP contribution in [0.3, 0.4) is 0 Å². The molecule has 0 radical (unpaired) electrons. The van der Waals surface area contributed by atoms with Gasteiger partial charge in [-0.3, -0.25) is 0 Å². The number of H-pyrrole nitrogens is 1. The Morgan fingerprint density at radius 3 is 2.62 bits per heavy atom. The molecule has 146 valence electrons. The van der Waals surface area contributed by atoms with Crippen LogP contribution >= 0.6 is 23.1 Å². The fourth-order valence-electron chi connectivity index (χ4n) is 2.77. The second-order valence-corrected chi connectivity index (χ2v) is 8.75. The summed E-state index contributed by atoms with van der Waals surface area (Å²) in [5.74, 6) is 2.28. The number of aromatic nitrogens is 2. The molecule has 0 aliphatic rings. The van der Waals surface area contributed by atoms with Crippen molar-refractivity contribution < 1.29 is 9.72 Å². The van der Waals surface area contributed by atoms with Crippen LogP contribution in [0.4, 0.5) is 10.9 Å². The molecule has 6 heteroatoms. The number of pyridine rings is 1. The van der Waals surface area contributed by atoms with Crippen molar-refractivity contribution in [3.63, 3.8) is 0 Å². The summed E-state index contributed by atoms with van der Waals surface area (Å²) in [6.45, 7) is 6.23. The molecule has 0 aliphatic heterocycles. The second kappa shape index (κ2) is 8.68. The van der Waals surface area contributed by atoms with Crippen molar-refractivity contribution in [2.24, 2.45) is 0 Å². The van der Waals surface area contributed by atoms with E-state index in [-0.39, 0.29) is 0 Å². The van der Waals surface area contributed by atoms with E-state index in [0.717, 1.165) is 33.0 Å². The van der Waals surface area contributed by atoms with E-state index in [0.29, 0.717) is 0 Å². The van der Waals surface area contributed by atoms with E-state index in [1.807, 2.05) is 48.8 Å². The molecular formula is C23H22N3OS2+. The van der Waals surface area contributed by atoms with Crippen LogP contribution in [0.2, 0.25) is 0 Å². The van der Waals surface area contributed by atoms with Crippen LogP contribution in [0.15, 0.2) is 76.0 Å². The van der Waals surface area contributed by atoms with Crippen LogP contribution in [0.5, 0.6) is 11.5 Å². The van der Waals surface area contributed by atoms with Crippen LogP contribution in [-0.4, -0.2) is 4.98 Å². The Morgan fingerprint density at radius 2 is 1.86 bits per heavy atom. The summed E-state index contributed by atoms with van der Waals surface area (Å²) in [6.07, 6.45) is 1.99. The van der Waals surface area contributed by atoms with Crippen LogP contribution in [0.25, 0.3) is 0 Å². The molecule has 0 unspecified atom stereocenters. The molecule has 2 N–H and O–H groups in total. The van der Waals surface area contributed by atoms with Crippen molar-refractivity contribution in [3.8, 4) is 11.5 Å². The minimum Gasteiger partial charge on any atom is -0.449 e. The number of ether oxygens (including phenoxy) is 1. The molecule has 0 saturated carbocycles. The lowest BCUT2D eigenvalue weighted by molar-refractivity contribution is -0.364. The minimum absolute atomic E-state index is 0.722. The van der Waals surface area contributed by atoms with Gasteiger partial charge in [-0.05, 0) is 50.1 Å². The zero-order valence-corrected chi connectivity index (χ0v) is 18.2. The summed E-state index contributed by atoms with van der Waals surface area (Å²) in [7, 11) is 0. The van der Waals surface area contributed by atoms with Gasteiger partial charge in [-0.15, -0.1) is 0 Å². The lowest BCUT2D eigenvalue weighted by Gasteiger charge is -2.10. The van der Waals surface area contributed by atoms with E-state index >= 15 is 0 Å². The largest absolute Gasteiger partial charge is 0.449 e. The maximum Gasteiger partial charge on any atom is 0.322 e. The van der Waals surface area contributed by atoms with Crippen LogP contribution in [0.1, 0.15) is 16.8 Å². The molecule has 0 fully saturated rings. The number of aryl methyl sites for hydroxylation is 3. The Hall–Kier alpha value is -2.83. The predicted octanol–water partition coefficient (Wildman–Crippen LogP) is 6.57. The standard InChI is InChI=1S/C23H21N3OS2/c1-15-9-10-16(2)21(11-15)29-19-12-20(27-18-7-5-4-6-8-18)22(24-13-19)26-23-25-17(3)14-28-23/h4-14H,1-3H3,(H,24,25,26)/p+1. The number of para-hydroxylation sites is 1. The normalized spacial score (nSPS) is 10.7. The third kappa shape index (κ3) is 4.96. The Kier molecular flexibility index (Phi) is 5.83. The van der Waals surface area contributed by atoms with Gasteiger partial charge < -0.3 is 4.74 Å². The lowest BCUT2D eigenvalue weighted by Crippen LogP contribution is -2.11. The topological polar surface area (TPSA) is 48.3 Å². The van der Waals surface area contributed by atoms with Gasteiger partial charge in [-0.1, -0.05) is 53.4 Å². The molecule has 2 aromatic carbocycles. The Morgan fingerprint density at radius 1 is 1.03 bits per heavy atom. The zero-order valence-electron chi connectivity index (χ0n) is 16.5. The first-order valence-corrected chi connectivity index (χ1v) is 11.0. The van der Waals surface area contributed by atoms with Gasteiger partial charge in [0.05, 0.1) is 10.6 Å². The Balaban J connectivity index is 1.67. The van der Waals surface area contributed by atoms with E-state index in [2.05, 4.69) is 53.4 Å². The van der Waals surface area contributed by atoms with E-state index in [4.69, 9.17) is 4.74 Å². The van der Waals surface area contributed by atoms with Crippen LogP contribution in [0, 0.1) is 20.8 Å². The van der Waals surface area contributed by atoms with Crippen molar-refractivity contribution in [2.75, 3.05) is 5.32 Å². The maximum atomic E-state index is 6.19. The molecule has 0 atom stereocenters. The van der Waals surface area contributed by atoms with Crippen molar-refractivity contribution in [1.82, 2.24) is 4.98 Å². The number of thiazole rings is 1. The second-order valence-electron chi connectivity index (χ2n) is 6.78. The Bertz CT molecular complexity index is 1130. The van der Waals surface area contributed by atoms with Crippen LogP contribution < -0.4 is 15.0 Å². The first kappa shape index (κ1) is 19.5. The molecule has 4 aromatic rings. The average Bonchev–Trinajstić information content (AvgIpc) is 3.12. The first-order valence-electron chi connectivity index (χ1n) is 9.30. The van der Waals surface area contributed by atoms with Gasteiger partial charge in [0.1, 0.15) is 11.9 Å². The summed E-state index contributed by atoms with van der Waals surface area (Å²) in [5.41, 5.74) is 3.50. The number of aromatic amines is 1. The zero-order chi connectivity index (χ0) is 20.2. The Labute approximate surface area is 179 Å². The molecule has 4 rings (SSSR count). The SMILES string of the molecule is Cc1ccc(C)c(Sc2c[nH+]c(Nc3nc(C)cs3)c(Oc3ccccc3)c2)c1. The van der Waals surface area contributed by atoms with Gasteiger partial charge in [0, 0.05) is 16.3 Å². The maximum absolute atomic E-state index is 6.19. The van der Waals surface area contributed by atoms with Crippen LogP contribution in [-0.2, 0) is 0 Å². The number of anilines is 2. The summed E-state index contributed by atoms with van der Waals surface area (Å²) in [4.78, 5) is 10.2. The fraction of sp³-hybridized carbons (Fsp3) is 0.130.